The molecule has 0 radical (unpaired) electrons. The summed E-state index contributed by atoms with van der Waals surface area (Å²) in [7, 11) is -0.504. The van der Waals surface area contributed by atoms with Crippen molar-refractivity contribution in [2.24, 2.45) is 0 Å². The first-order valence-electron chi connectivity index (χ1n) is 9.80. The van der Waals surface area contributed by atoms with Crippen LogP contribution in [0.25, 0.3) is 0 Å². The standard InChI is InChI=1S/C25H27OP/c1-26-24-19-11-12-20-25(24)27(21-13-5-2-6-14-21,22-15-7-3-8-16-22)23-17-9-4-10-18-23/h2-10,13-18,27H,11-12,19-20H2,1H3. The number of methoxy groups -OCH3 is 1. The van der Waals surface area contributed by atoms with E-state index in [1.807, 2.05) is 7.11 Å². The van der Waals surface area contributed by atoms with Gasteiger partial charge in [-0.2, -0.15) is 0 Å². The second-order valence-electron chi connectivity index (χ2n) is 7.16. The molecule has 0 unspecified atom stereocenters. The van der Waals surface area contributed by atoms with Gasteiger partial charge in [0.2, 0.25) is 0 Å². The first-order chi connectivity index (χ1) is 13.4. The van der Waals surface area contributed by atoms with E-state index in [2.05, 4.69) is 91.0 Å². The average Bonchev–Trinajstić information content (AvgIpc) is 2.77. The fourth-order valence-corrected chi connectivity index (χ4v) is 9.91. The molecular weight excluding hydrogens is 347 g/mol. The van der Waals surface area contributed by atoms with Crippen LogP contribution in [0, 0.1) is 0 Å². The molecule has 1 aliphatic carbocycles. The fourth-order valence-electron chi connectivity index (χ4n) is 4.59. The fraction of sp³-hybridized carbons (Fsp3) is 0.200. The Hall–Kier alpha value is -2.37. The molecule has 1 nitrogen and oxygen atoms in total. The van der Waals surface area contributed by atoms with Crippen LogP contribution in [0.3, 0.4) is 0 Å². The minimum absolute atomic E-state index is 1.05. The third-order valence-corrected chi connectivity index (χ3v) is 10.8. The van der Waals surface area contributed by atoms with Gasteiger partial charge in [0.05, 0.1) is 0 Å². The van der Waals surface area contributed by atoms with Gasteiger partial charge in [-0.3, -0.25) is 0 Å². The van der Waals surface area contributed by atoms with E-state index in [9.17, 15) is 0 Å². The predicted octanol–water partition coefficient (Wildman–Crippen LogP) is 5.14. The van der Waals surface area contributed by atoms with Crippen LogP contribution in [0.5, 0.6) is 0 Å². The molecule has 0 amide bonds. The molecular formula is C25H27OP. The summed E-state index contributed by atoms with van der Waals surface area (Å²) >= 11 is 0. The number of allylic oxidation sites excluding steroid dienone is 2. The molecule has 3 aromatic rings. The van der Waals surface area contributed by atoms with Gasteiger partial charge in [0, 0.05) is 0 Å². The van der Waals surface area contributed by atoms with Crippen LogP contribution >= 0.6 is 7.26 Å². The van der Waals surface area contributed by atoms with E-state index < -0.39 is 7.26 Å². The predicted molar refractivity (Wildman–Crippen MR) is 119 cm³/mol. The van der Waals surface area contributed by atoms with Gasteiger partial charge in [-0.1, -0.05) is 0 Å². The van der Waals surface area contributed by atoms with Crippen LogP contribution in [-0.2, 0) is 4.74 Å². The average molecular weight is 374 g/mol. The maximum atomic E-state index is 5.99. The molecule has 4 rings (SSSR count). The molecule has 0 saturated carbocycles. The normalized spacial score (nSPS) is 15.4. The van der Waals surface area contributed by atoms with Crippen LogP contribution in [0.15, 0.2) is 102 Å². The topological polar surface area (TPSA) is 9.23 Å². The summed E-state index contributed by atoms with van der Waals surface area (Å²) in [6.07, 6.45) is 4.63. The first-order valence-corrected chi connectivity index (χ1v) is 11.8. The molecule has 0 atom stereocenters. The van der Waals surface area contributed by atoms with Crippen molar-refractivity contribution < 1.29 is 4.74 Å². The van der Waals surface area contributed by atoms with E-state index in [1.165, 1.54) is 34.5 Å². The summed E-state index contributed by atoms with van der Waals surface area (Å²) in [5, 5.41) is 5.86. The Morgan fingerprint density at radius 3 is 1.41 bits per heavy atom. The van der Waals surface area contributed by atoms with Crippen molar-refractivity contribution in [3.8, 4) is 0 Å². The number of benzene rings is 3. The van der Waals surface area contributed by atoms with Crippen molar-refractivity contribution in [2.45, 2.75) is 25.7 Å². The Balaban J connectivity index is 2.12. The molecule has 3 aromatic carbocycles. The van der Waals surface area contributed by atoms with Gasteiger partial charge in [0.15, 0.2) is 0 Å². The Morgan fingerprint density at radius 2 is 1.00 bits per heavy atom. The van der Waals surface area contributed by atoms with E-state index >= 15 is 0 Å². The van der Waals surface area contributed by atoms with Gasteiger partial charge in [-0.15, -0.1) is 0 Å². The summed E-state index contributed by atoms with van der Waals surface area (Å²) in [5.41, 5.74) is 0. The van der Waals surface area contributed by atoms with E-state index in [0.717, 1.165) is 12.8 Å². The third-order valence-electron chi connectivity index (χ3n) is 5.74. The molecule has 1 aliphatic rings. The Kier molecular flexibility index (Phi) is 5.41. The van der Waals surface area contributed by atoms with Gasteiger partial charge in [0.25, 0.3) is 0 Å². The van der Waals surface area contributed by atoms with Crippen molar-refractivity contribution in [1.29, 1.82) is 0 Å². The molecule has 0 saturated heterocycles. The molecule has 0 N–H and O–H groups in total. The SMILES string of the molecule is COC1=C([PH](c2ccccc2)(c2ccccc2)c2ccccc2)CCCC1. The molecule has 138 valence electrons. The second kappa shape index (κ2) is 8.11. The molecule has 0 aliphatic heterocycles. The Bertz CT molecular complexity index is 804. The quantitative estimate of drug-likeness (QED) is 0.562. The molecule has 27 heavy (non-hydrogen) atoms. The van der Waals surface area contributed by atoms with Crippen LogP contribution in [0.1, 0.15) is 25.7 Å². The van der Waals surface area contributed by atoms with E-state index in [1.54, 1.807) is 5.31 Å². The number of hydrogen-bond donors (Lipinski definition) is 0. The van der Waals surface area contributed by atoms with Crippen molar-refractivity contribution in [3.63, 3.8) is 0 Å². The van der Waals surface area contributed by atoms with Gasteiger partial charge >= 0.3 is 163 Å². The second-order valence-corrected chi connectivity index (χ2v) is 11.0. The van der Waals surface area contributed by atoms with E-state index in [0.29, 0.717) is 0 Å². The summed E-state index contributed by atoms with van der Waals surface area (Å²) in [5.74, 6) is 1.21. The summed E-state index contributed by atoms with van der Waals surface area (Å²) in [6.45, 7) is 0. The Labute approximate surface area is 163 Å². The molecule has 0 spiro atoms. The van der Waals surface area contributed by atoms with E-state index in [4.69, 9.17) is 4.74 Å². The monoisotopic (exact) mass is 374 g/mol. The Morgan fingerprint density at radius 1 is 0.593 bits per heavy atom. The molecule has 0 bridgehead atoms. The summed E-state index contributed by atoms with van der Waals surface area (Å²) in [4.78, 5) is 0. The third kappa shape index (κ3) is 3.22. The molecule has 0 fully saturated rings. The van der Waals surface area contributed by atoms with Gasteiger partial charge in [-0.05, 0) is 0 Å². The number of rotatable bonds is 5. The zero-order chi connectivity index (χ0) is 18.5. The van der Waals surface area contributed by atoms with Crippen molar-refractivity contribution >= 4 is 23.2 Å². The van der Waals surface area contributed by atoms with Crippen molar-refractivity contribution in [3.05, 3.63) is 102 Å². The summed E-state index contributed by atoms with van der Waals surface area (Å²) in [6, 6.07) is 33.3. The van der Waals surface area contributed by atoms with Crippen LogP contribution in [0.4, 0.5) is 0 Å². The van der Waals surface area contributed by atoms with Gasteiger partial charge in [-0.25, -0.2) is 0 Å². The van der Waals surface area contributed by atoms with Gasteiger partial charge in [0.1, 0.15) is 0 Å². The zero-order valence-corrected chi connectivity index (χ0v) is 16.9. The number of hydrogen-bond acceptors (Lipinski definition) is 1. The van der Waals surface area contributed by atoms with Crippen LogP contribution < -0.4 is 15.9 Å². The maximum absolute atomic E-state index is 5.99. The van der Waals surface area contributed by atoms with Crippen molar-refractivity contribution in [2.75, 3.05) is 7.11 Å². The minimum atomic E-state index is -2.35. The van der Waals surface area contributed by atoms with Crippen LogP contribution in [0.2, 0.25) is 0 Å². The first kappa shape index (κ1) is 18.0. The van der Waals surface area contributed by atoms with Crippen molar-refractivity contribution in [1.82, 2.24) is 0 Å². The van der Waals surface area contributed by atoms with Gasteiger partial charge < -0.3 is 0 Å². The molecule has 2 heteroatoms. The number of ether oxygens (including phenoxy) is 1. The zero-order valence-electron chi connectivity index (χ0n) is 15.9. The molecule has 0 heterocycles. The summed E-state index contributed by atoms with van der Waals surface area (Å²) < 4.78 is 5.99. The van der Waals surface area contributed by atoms with E-state index in [-0.39, 0.29) is 0 Å². The molecule has 0 aromatic heterocycles. The van der Waals surface area contributed by atoms with Crippen LogP contribution in [-0.4, -0.2) is 7.11 Å².